The molecule has 0 radical (unpaired) electrons. The molecule has 0 spiro atoms. The van der Waals surface area contributed by atoms with E-state index in [-0.39, 0.29) is 5.92 Å². The molecule has 4 heteroatoms. The van der Waals surface area contributed by atoms with Gasteiger partial charge in [-0.25, -0.2) is 0 Å². The lowest BCUT2D eigenvalue weighted by atomic mass is 9.95. The van der Waals surface area contributed by atoms with E-state index >= 15 is 0 Å². The van der Waals surface area contributed by atoms with Gasteiger partial charge in [0.1, 0.15) is 0 Å². The maximum Gasteiger partial charge on any atom is 0.0849 e. The third-order valence-corrected chi connectivity index (χ3v) is 2.69. The van der Waals surface area contributed by atoms with E-state index in [0.29, 0.717) is 6.61 Å². The molecule has 0 fully saturated rings. The van der Waals surface area contributed by atoms with Crippen molar-refractivity contribution in [3.05, 3.63) is 17.5 Å². The van der Waals surface area contributed by atoms with Gasteiger partial charge < -0.3 is 9.84 Å². The van der Waals surface area contributed by atoms with Gasteiger partial charge in [-0.2, -0.15) is 5.10 Å². The highest BCUT2D eigenvalue weighted by Gasteiger charge is 2.19. The maximum atomic E-state index is 10.1. The molecular formula is C11H20N2O2. The average Bonchev–Trinajstić information content (AvgIpc) is 2.53. The molecule has 15 heavy (non-hydrogen) atoms. The molecule has 0 aromatic carbocycles. The average molecular weight is 212 g/mol. The number of aliphatic hydroxyl groups is 1. The fraction of sp³-hybridized carbons (Fsp3) is 0.727. The van der Waals surface area contributed by atoms with Crippen LogP contribution in [0.5, 0.6) is 0 Å². The summed E-state index contributed by atoms with van der Waals surface area (Å²) >= 11 is 0. The van der Waals surface area contributed by atoms with Crippen LogP contribution in [0.1, 0.15) is 30.7 Å². The fourth-order valence-corrected chi connectivity index (χ4v) is 1.68. The second-order valence-electron chi connectivity index (χ2n) is 4.05. The number of aryl methyl sites for hydroxylation is 2. The van der Waals surface area contributed by atoms with Crippen molar-refractivity contribution in [2.45, 2.75) is 26.4 Å². The number of methoxy groups -OCH3 is 1. The molecule has 2 atom stereocenters. The highest BCUT2D eigenvalue weighted by Crippen LogP contribution is 2.25. The van der Waals surface area contributed by atoms with Crippen LogP contribution in [-0.4, -0.2) is 28.6 Å². The molecule has 1 heterocycles. The molecule has 1 aromatic heterocycles. The van der Waals surface area contributed by atoms with E-state index < -0.39 is 6.10 Å². The Bertz CT molecular complexity index is 310. The van der Waals surface area contributed by atoms with Crippen molar-refractivity contribution in [1.29, 1.82) is 0 Å². The summed E-state index contributed by atoms with van der Waals surface area (Å²) in [6.45, 7) is 4.62. The van der Waals surface area contributed by atoms with Crippen molar-refractivity contribution >= 4 is 0 Å². The summed E-state index contributed by atoms with van der Waals surface area (Å²) in [5.74, 6) is 0.188. The van der Waals surface area contributed by atoms with Gasteiger partial charge in [-0.3, -0.25) is 4.68 Å². The molecule has 0 aliphatic carbocycles. The van der Waals surface area contributed by atoms with E-state index in [1.165, 1.54) is 0 Å². The summed E-state index contributed by atoms with van der Waals surface area (Å²) in [5, 5.41) is 14.3. The molecule has 0 saturated heterocycles. The van der Waals surface area contributed by atoms with E-state index in [1.807, 2.05) is 27.1 Å². The number of aliphatic hydroxyl groups excluding tert-OH is 1. The zero-order chi connectivity index (χ0) is 11.4. The Morgan fingerprint density at radius 3 is 2.73 bits per heavy atom. The van der Waals surface area contributed by atoms with Crippen LogP contribution in [0.4, 0.5) is 0 Å². The third-order valence-electron chi connectivity index (χ3n) is 2.69. The molecule has 0 bridgehead atoms. The summed E-state index contributed by atoms with van der Waals surface area (Å²) in [6, 6.07) is 0. The summed E-state index contributed by atoms with van der Waals surface area (Å²) in [6.07, 6.45) is 2.28. The first-order chi connectivity index (χ1) is 7.06. The minimum Gasteiger partial charge on any atom is -0.388 e. The van der Waals surface area contributed by atoms with Gasteiger partial charge in [0.2, 0.25) is 0 Å². The van der Waals surface area contributed by atoms with Gasteiger partial charge >= 0.3 is 0 Å². The van der Waals surface area contributed by atoms with E-state index in [9.17, 15) is 5.11 Å². The first-order valence-electron chi connectivity index (χ1n) is 5.23. The van der Waals surface area contributed by atoms with Gasteiger partial charge in [-0.15, -0.1) is 0 Å². The van der Waals surface area contributed by atoms with Crippen LogP contribution < -0.4 is 0 Å². The fourth-order valence-electron chi connectivity index (χ4n) is 1.68. The quantitative estimate of drug-likeness (QED) is 0.803. The minimum absolute atomic E-state index is 0.188. The molecular weight excluding hydrogens is 192 g/mol. The molecule has 0 amide bonds. The van der Waals surface area contributed by atoms with Gasteiger partial charge in [0.15, 0.2) is 0 Å². The van der Waals surface area contributed by atoms with E-state index in [4.69, 9.17) is 4.74 Å². The zero-order valence-corrected chi connectivity index (χ0v) is 9.90. The molecule has 1 rings (SSSR count). The van der Waals surface area contributed by atoms with Gasteiger partial charge in [0.05, 0.1) is 11.8 Å². The van der Waals surface area contributed by atoms with Crippen LogP contribution in [0.15, 0.2) is 6.20 Å². The molecule has 2 unspecified atom stereocenters. The number of nitrogens with zero attached hydrogens (tertiary/aromatic N) is 2. The molecule has 0 aliphatic rings. The molecule has 1 aromatic rings. The Hall–Kier alpha value is -0.870. The normalized spacial score (nSPS) is 15.3. The van der Waals surface area contributed by atoms with Crippen LogP contribution in [0.2, 0.25) is 0 Å². The number of aromatic nitrogens is 2. The van der Waals surface area contributed by atoms with E-state index in [1.54, 1.807) is 11.8 Å². The monoisotopic (exact) mass is 212 g/mol. The summed E-state index contributed by atoms with van der Waals surface area (Å²) in [7, 11) is 3.54. The van der Waals surface area contributed by atoms with Gasteiger partial charge in [0, 0.05) is 32.5 Å². The first kappa shape index (κ1) is 12.2. The number of ether oxygens (including phenoxy) is 1. The lowest BCUT2D eigenvalue weighted by molar-refractivity contribution is 0.0881. The zero-order valence-electron chi connectivity index (χ0n) is 9.90. The Kier molecular flexibility index (Phi) is 4.29. The highest BCUT2D eigenvalue weighted by molar-refractivity contribution is 5.18. The van der Waals surface area contributed by atoms with Crippen molar-refractivity contribution in [1.82, 2.24) is 9.78 Å². The van der Waals surface area contributed by atoms with Crippen LogP contribution in [-0.2, 0) is 11.8 Å². The summed E-state index contributed by atoms with van der Waals surface area (Å²) < 4.78 is 6.74. The minimum atomic E-state index is -0.450. The van der Waals surface area contributed by atoms with Gasteiger partial charge in [-0.1, -0.05) is 6.92 Å². The molecule has 0 aliphatic heterocycles. The molecule has 86 valence electrons. The molecule has 0 saturated carbocycles. The van der Waals surface area contributed by atoms with Crippen molar-refractivity contribution in [2.24, 2.45) is 13.0 Å². The first-order valence-corrected chi connectivity index (χ1v) is 5.23. The number of hydrogen-bond acceptors (Lipinski definition) is 3. The van der Waals surface area contributed by atoms with Crippen LogP contribution in [0.3, 0.4) is 0 Å². The SMILES string of the molecule is COCCC(C)C(O)c1cn(C)nc1C. The van der Waals surface area contributed by atoms with Crippen LogP contribution >= 0.6 is 0 Å². The van der Waals surface area contributed by atoms with Crippen molar-refractivity contribution in [3.8, 4) is 0 Å². The molecule has 1 N–H and O–H groups in total. The lowest BCUT2D eigenvalue weighted by Crippen LogP contribution is -2.11. The largest absolute Gasteiger partial charge is 0.388 e. The Balaban J connectivity index is 2.66. The maximum absolute atomic E-state index is 10.1. The second kappa shape index (κ2) is 5.28. The van der Waals surface area contributed by atoms with Crippen molar-refractivity contribution in [3.63, 3.8) is 0 Å². The predicted molar refractivity (Wildman–Crippen MR) is 58.6 cm³/mol. The Morgan fingerprint density at radius 1 is 1.60 bits per heavy atom. The highest BCUT2D eigenvalue weighted by atomic mass is 16.5. The predicted octanol–water partition coefficient (Wildman–Crippen LogP) is 1.43. The summed E-state index contributed by atoms with van der Waals surface area (Å²) in [4.78, 5) is 0. The third kappa shape index (κ3) is 3.04. The lowest BCUT2D eigenvalue weighted by Gasteiger charge is -2.17. The van der Waals surface area contributed by atoms with Gasteiger partial charge in [-0.05, 0) is 19.3 Å². The number of hydrogen-bond donors (Lipinski definition) is 1. The topological polar surface area (TPSA) is 47.3 Å². The standard InChI is InChI=1S/C11H20N2O2/c1-8(5-6-15-4)11(14)10-7-13(3)12-9(10)2/h7-8,11,14H,5-6H2,1-4H3. The van der Waals surface area contributed by atoms with E-state index in [0.717, 1.165) is 17.7 Å². The smallest absolute Gasteiger partial charge is 0.0849 e. The summed E-state index contributed by atoms with van der Waals surface area (Å²) in [5.41, 5.74) is 1.82. The van der Waals surface area contributed by atoms with E-state index in [2.05, 4.69) is 5.10 Å². The number of rotatable bonds is 5. The van der Waals surface area contributed by atoms with Crippen molar-refractivity contribution < 1.29 is 9.84 Å². The Morgan fingerprint density at radius 2 is 2.27 bits per heavy atom. The van der Waals surface area contributed by atoms with Crippen LogP contribution in [0, 0.1) is 12.8 Å². The molecule has 4 nitrogen and oxygen atoms in total. The van der Waals surface area contributed by atoms with Gasteiger partial charge in [0.25, 0.3) is 0 Å². The van der Waals surface area contributed by atoms with Crippen molar-refractivity contribution in [2.75, 3.05) is 13.7 Å². The van der Waals surface area contributed by atoms with Crippen LogP contribution in [0.25, 0.3) is 0 Å². The Labute approximate surface area is 90.9 Å². The second-order valence-corrected chi connectivity index (χ2v) is 4.05.